The quantitative estimate of drug-likeness (QED) is 0.716. The molecule has 1 aliphatic carbocycles. The zero-order valence-electron chi connectivity index (χ0n) is 10.7. The second kappa shape index (κ2) is 4.66. The third-order valence-corrected chi connectivity index (χ3v) is 3.43. The Morgan fingerprint density at radius 1 is 1.56 bits per heavy atom. The van der Waals surface area contributed by atoms with Gasteiger partial charge in [0.1, 0.15) is 12.1 Å². The fourth-order valence-electron chi connectivity index (χ4n) is 2.64. The Balaban J connectivity index is 2.09. The first-order valence-electron chi connectivity index (χ1n) is 6.30. The van der Waals surface area contributed by atoms with E-state index < -0.39 is 0 Å². The first-order valence-corrected chi connectivity index (χ1v) is 6.30. The fourth-order valence-corrected chi connectivity index (χ4v) is 2.64. The van der Waals surface area contributed by atoms with Crippen LogP contribution >= 0.6 is 0 Å². The molecule has 5 heteroatoms. The molecule has 2 unspecified atom stereocenters. The van der Waals surface area contributed by atoms with Crippen molar-refractivity contribution in [2.75, 3.05) is 20.2 Å². The second-order valence-electron chi connectivity index (χ2n) is 4.63. The normalized spacial score (nSPS) is 26.9. The maximum atomic E-state index is 5.86. The molecule has 0 bridgehead atoms. The van der Waals surface area contributed by atoms with Gasteiger partial charge in [-0.1, -0.05) is 6.08 Å². The van der Waals surface area contributed by atoms with Gasteiger partial charge >= 0.3 is 0 Å². The van der Waals surface area contributed by atoms with E-state index in [-0.39, 0.29) is 12.0 Å². The summed E-state index contributed by atoms with van der Waals surface area (Å²) in [5.41, 5.74) is 0. The van der Waals surface area contributed by atoms with Gasteiger partial charge in [-0.05, 0) is 13.3 Å². The Hall–Kier alpha value is -1.46. The molecular formula is C13H17N3O2. The lowest BCUT2D eigenvalue weighted by molar-refractivity contribution is -0.149. The van der Waals surface area contributed by atoms with Crippen LogP contribution in [0.25, 0.3) is 11.8 Å². The number of likely N-dealkylation sites (N-methyl/N-ethyl adjacent to an activating group) is 1. The van der Waals surface area contributed by atoms with Crippen molar-refractivity contribution in [2.24, 2.45) is 5.92 Å². The fraction of sp³-hybridized carbons (Fsp3) is 0.538. The van der Waals surface area contributed by atoms with Crippen LogP contribution in [0.2, 0.25) is 0 Å². The molecule has 2 heterocycles. The van der Waals surface area contributed by atoms with Crippen molar-refractivity contribution in [3.63, 3.8) is 0 Å². The van der Waals surface area contributed by atoms with Gasteiger partial charge in [-0.3, -0.25) is 0 Å². The standard InChI is InChI=1S/C13H17N3O2/c1-3-17-12-7-16(2)18-13-9(12)4-5-11-10(13)6-14-8-15-11/h5-6,8-9,12H,3-4,7H2,1-2H3. The second-order valence-corrected chi connectivity index (χ2v) is 4.63. The molecule has 1 aliphatic heterocycles. The highest BCUT2D eigenvalue weighted by Gasteiger charge is 2.35. The first-order chi connectivity index (χ1) is 8.79. The van der Waals surface area contributed by atoms with Gasteiger partial charge in [0.05, 0.1) is 29.1 Å². The van der Waals surface area contributed by atoms with Gasteiger partial charge in [-0.25, -0.2) is 9.97 Å². The molecule has 0 aromatic carbocycles. The van der Waals surface area contributed by atoms with E-state index in [1.807, 2.05) is 25.2 Å². The number of rotatable bonds is 2. The summed E-state index contributed by atoms with van der Waals surface area (Å²) in [6, 6.07) is 0. The highest BCUT2D eigenvalue weighted by Crippen LogP contribution is 2.30. The maximum absolute atomic E-state index is 5.86. The van der Waals surface area contributed by atoms with E-state index in [2.05, 4.69) is 16.0 Å². The summed E-state index contributed by atoms with van der Waals surface area (Å²) in [5.74, 6) is 1.22. The minimum Gasteiger partial charge on any atom is -0.409 e. The molecule has 96 valence electrons. The van der Waals surface area contributed by atoms with Crippen molar-refractivity contribution < 1.29 is 9.57 Å². The van der Waals surface area contributed by atoms with Crippen LogP contribution in [0.1, 0.15) is 13.3 Å². The summed E-state index contributed by atoms with van der Waals surface area (Å²) in [6.45, 7) is 3.54. The predicted octanol–water partition coefficient (Wildman–Crippen LogP) is -0.333. The lowest BCUT2D eigenvalue weighted by Gasteiger charge is -2.38. The summed E-state index contributed by atoms with van der Waals surface area (Å²) in [6.07, 6.45) is 6.63. The Bertz CT molecular complexity index is 558. The number of aromatic nitrogens is 2. The number of hydrogen-bond donors (Lipinski definition) is 0. The van der Waals surface area contributed by atoms with Gasteiger partial charge in [0, 0.05) is 19.9 Å². The molecule has 18 heavy (non-hydrogen) atoms. The Labute approximate surface area is 106 Å². The average molecular weight is 247 g/mol. The zero-order valence-corrected chi connectivity index (χ0v) is 10.7. The Morgan fingerprint density at radius 3 is 3.28 bits per heavy atom. The average Bonchev–Trinajstić information content (AvgIpc) is 2.39. The van der Waals surface area contributed by atoms with Gasteiger partial charge in [0.15, 0.2) is 0 Å². The van der Waals surface area contributed by atoms with E-state index in [1.54, 1.807) is 6.33 Å². The van der Waals surface area contributed by atoms with Crippen molar-refractivity contribution in [1.29, 1.82) is 0 Å². The van der Waals surface area contributed by atoms with Gasteiger partial charge < -0.3 is 9.57 Å². The third kappa shape index (κ3) is 1.89. The molecule has 2 aliphatic rings. The monoisotopic (exact) mass is 247 g/mol. The van der Waals surface area contributed by atoms with Crippen molar-refractivity contribution in [3.05, 3.63) is 23.1 Å². The molecule has 3 rings (SSSR count). The van der Waals surface area contributed by atoms with E-state index in [4.69, 9.17) is 9.57 Å². The topological polar surface area (TPSA) is 47.5 Å². The van der Waals surface area contributed by atoms with Crippen molar-refractivity contribution in [1.82, 2.24) is 15.0 Å². The molecule has 1 fully saturated rings. The van der Waals surface area contributed by atoms with Crippen LogP contribution in [0.4, 0.5) is 0 Å². The van der Waals surface area contributed by atoms with E-state index in [1.165, 1.54) is 0 Å². The molecule has 0 amide bonds. The molecule has 0 spiro atoms. The van der Waals surface area contributed by atoms with Crippen LogP contribution in [0.15, 0.2) is 12.5 Å². The summed E-state index contributed by atoms with van der Waals surface area (Å²) in [7, 11) is 1.93. The van der Waals surface area contributed by atoms with Gasteiger partial charge in [-0.15, -0.1) is 5.06 Å². The number of hydrogen-bond acceptors (Lipinski definition) is 5. The number of nitrogens with zero attached hydrogens (tertiary/aromatic N) is 3. The number of fused-ring (bicyclic) bond motifs is 2. The summed E-state index contributed by atoms with van der Waals surface area (Å²) in [5, 5.41) is 3.78. The molecule has 0 radical (unpaired) electrons. The van der Waals surface area contributed by atoms with Crippen molar-refractivity contribution >= 4 is 11.8 Å². The molecule has 1 saturated heterocycles. The highest BCUT2D eigenvalue weighted by molar-refractivity contribution is 5.48. The lowest BCUT2D eigenvalue weighted by Crippen LogP contribution is -2.49. The Kier molecular flexibility index (Phi) is 3.01. The molecular weight excluding hydrogens is 230 g/mol. The predicted molar refractivity (Wildman–Crippen MR) is 66.4 cm³/mol. The zero-order chi connectivity index (χ0) is 12.5. The maximum Gasteiger partial charge on any atom is 0.141 e. The van der Waals surface area contributed by atoms with Crippen LogP contribution in [-0.2, 0) is 9.57 Å². The van der Waals surface area contributed by atoms with Gasteiger partial charge in [-0.2, -0.15) is 0 Å². The van der Waals surface area contributed by atoms with Crippen LogP contribution in [0, 0.1) is 5.92 Å². The number of hydroxylamine groups is 2. The van der Waals surface area contributed by atoms with E-state index in [9.17, 15) is 0 Å². The number of ether oxygens (including phenoxy) is 1. The third-order valence-electron chi connectivity index (χ3n) is 3.43. The molecule has 2 atom stereocenters. The first kappa shape index (κ1) is 11.6. The van der Waals surface area contributed by atoms with Crippen molar-refractivity contribution in [2.45, 2.75) is 19.4 Å². The SMILES string of the molecule is CCOC1CN(C)OC2=c3cncnc3=CCC21. The van der Waals surface area contributed by atoms with E-state index in [0.29, 0.717) is 0 Å². The van der Waals surface area contributed by atoms with Crippen LogP contribution in [0.3, 0.4) is 0 Å². The van der Waals surface area contributed by atoms with Gasteiger partial charge in [0.2, 0.25) is 0 Å². The van der Waals surface area contributed by atoms with Gasteiger partial charge in [0.25, 0.3) is 0 Å². The minimum atomic E-state index is 0.174. The lowest BCUT2D eigenvalue weighted by atomic mass is 9.90. The molecule has 1 aromatic heterocycles. The summed E-state index contributed by atoms with van der Waals surface area (Å²) in [4.78, 5) is 14.2. The van der Waals surface area contributed by atoms with Crippen LogP contribution in [-0.4, -0.2) is 41.3 Å². The smallest absolute Gasteiger partial charge is 0.141 e. The van der Waals surface area contributed by atoms with E-state index in [0.717, 1.165) is 35.9 Å². The minimum absolute atomic E-state index is 0.174. The Morgan fingerprint density at radius 2 is 2.44 bits per heavy atom. The highest BCUT2D eigenvalue weighted by atomic mass is 16.7. The molecule has 5 nitrogen and oxygen atoms in total. The van der Waals surface area contributed by atoms with Crippen molar-refractivity contribution in [3.8, 4) is 0 Å². The largest absolute Gasteiger partial charge is 0.409 e. The van der Waals surface area contributed by atoms with Crippen LogP contribution in [0.5, 0.6) is 0 Å². The molecule has 0 saturated carbocycles. The summed E-state index contributed by atoms with van der Waals surface area (Å²) < 4.78 is 5.83. The van der Waals surface area contributed by atoms with E-state index >= 15 is 0 Å². The molecule has 1 aromatic rings. The summed E-state index contributed by atoms with van der Waals surface area (Å²) >= 11 is 0. The molecule has 0 N–H and O–H groups in total. The van der Waals surface area contributed by atoms with Crippen LogP contribution < -0.4 is 10.6 Å².